The summed E-state index contributed by atoms with van der Waals surface area (Å²) in [4.78, 5) is 16.2. The minimum absolute atomic E-state index is 0.0635. The van der Waals surface area contributed by atoms with Crippen molar-refractivity contribution in [3.8, 4) is 5.88 Å². The standard InChI is InChI=1S/C16H22N2O2/c1-20-16-4-2-3-14(18-16)9-15(19)17-10-13-8-11-5-6-12(13)7-11/h2-4,11-13H,5-10H2,1H3,(H,17,19)/t11-,12-,13+/m0/s1. The van der Waals surface area contributed by atoms with Gasteiger partial charge in [-0.15, -0.1) is 0 Å². The second-order valence-electron chi connectivity index (χ2n) is 6.09. The van der Waals surface area contributed by atoms with Crippen LogP contribution in [0.4, 0.5) is 0 Å². The van der Waals surface area contributed by atoms with E-state index in [1.54, 1.807) is 13.2 Å². The first-order chi connectivity index (χ1) is 9.74. The van der Waals surface area contributed by atoms with Crippen LogP contribution in [0.3, 0.4) is 0 Å². The van der Waals surface area contributed by atoms with E-state index in [9.17, 15) is 4.79 Å². The first kappa shape index (κ1) is 13.4. The molecule has 0 aromatic carbocycles. The highest BCUT2D eigenvalue weighted by Gasteiger charge is 2.39. The average molecular weight is 274 g/mol. The zero-order chi connectivity index (χ0) is 13.9. The zero-order valence-corrected chi connectivity index (χ0v) is 12.0. The SMILES string of the molecule is COc1cccc(CC(=O)NC[C@H]2C[C@H]3CC[C@H]2C3)n1. The van der Waals surface area contributed by atoms with Crippen LogP contribution in [0.15, 0.2) is 18.2 Å². The van der Waals surface area contributed by atoms with Crippen molar-refractivity contribution in [1.82, 2.24) is 10.3 Å². The number of aromatic nitrogens is 1. The molecule has 4 nitrogen and oxygen atoms in total. The van der Waals surface area contributed by atoms with Crippen molar-refractivity contribution >= 4 is 5.91 Å². The van der Waals surface area contributed by atoms with Gasteiger partial charge in [0.15, 0.2) is 0 Å². The summed E-state index contributed by atoms with van der Waals surface area (Å²) in [7, 11) is 1.58. The molecule has 1 aromatic heterocycles. The van der Waals surface area contributed by atoms with Crippen LogP contribution in [0.2, 0.25) is 0 Å². The van der Waals surface area contributed by atoms with Gasteiger partial charge in [-0.2, -0.15) is 0 Å². The van der Waals surface area contributed by atoms with E-state index in [-0.39, 0.29) is 5.91 Å². The molecule has 0 aliphatic heterocycles. The van der Waals surface area contributed by atoms with Crippen molar-refractivity contribution < 1.29 is 9.53 Å². The Kier molecular flexibility index (Phi) is 3.90. The predicted octanol–water partition coefficient (Wildman–Crippen LogP) is 2.19. The van der Waals surface area contributed by atoms with Crippen LogP contribution < -0.4 is 10.1 Å². The first-order valence-electron chi connectivity index (χ1n) is 7.51. The Morgan fingerprint density at radius 1 is 1.40 bits per heavy atom. The van der Waals surface area contributed by atoms with Crippen LogP contribution in [-0.4, -0.2) is 24.5 Å². The van der Waals surface area contributed by atoms with Gasteiger partial charge in [0.05, 0.1) is 19.2 Å². The molecule has 2 aliphatic rings. The molecule has 2 bridgehead atoms. The second kappa shape index (κ2) is 5.81. The van der Waals surface area contributed by atoms with Crippen LogP contribution >= 0.6 is 0 Å². The third-order valence-electron chi connectivity index (χ3n) is 4.78. The van der Waals surface area contributed by atoms with Crippen LogP contribution in [0, 0.1) is 17.8 Å². The number of amides is 1. The fraction of sp³-hybridized carbons (Fsp3) is 0.625. The van der Waals surface area contributed by atoms with E-state index < -0.39 is 0 Å². The number of hydrogen-bond acceptors (Lipinski definition) is 3. The highest BCUT2D eigenvalue weighted by atomic mass is 16.5. The number of rotatable bonds is 5. The van der Waals surface area contributed by atoms with E-state index in [4.69, 9.17) is 4.74 Å². The molecule has 2 fully saturated rings. The normalized spacial score (nSPS) is 27.6. The van der Waals surface area contributed by atoms with E-state index in [0.717, 1.165) is 24.1 Å². The maximum atomic E-state index is 12.0. The van der Waals surface area contributed by atoms with Crippen LogP contribution in [0.1, 0.15) is 31.4 Å². The number of hydrogen-bond donors (Lipinski definition) is 1. The quantitative estimate of drug-likeness (QED) is 0.895. The summed E-state index contributed by atoms with van der Waals surface area (Å²) in [5, 5.41) is 3.08. The van der Waals surface area contributed by atoms with E-state index in [1.165, 1.54) is 25.7 Å². The topological polar surface area (TPSA) is 51.2 Å². The Morgan fingerprint density at radius 3 is 3.00 bits per heavy atom. The van der Waals surface area contributed by atoms with Crippen LogP contribution in [0.5, 0.6) is 5.88 Å². The smallest absolute Gasteiger partial charge is 0.226 e. The van der Waals surface area contributed by atoms with E-state index in [1.807, 2.05) is 12.1 Å². The summed E-state index contributed by atoms with van der Waals surface area (Å²) in [5.74, 6) is 3.12. The molecule has 0 unspecified atom stereocenters. The molecule has 20 heavy (non-hydrogen) atoms. The number of pyridine rings is 1. The molecule has 0 saturated heterocycles. The van der Waals surface area contributed by atoms with Gasteiger partial charge in [-0.05, 0) is 43.1 Å². The lowest BCUT2D eigenvalue weighted by Gasteiger charge is -2.21. The first-order valence-corrected chi connectivity index (χ1v) is 7.51. The molecule has 2 aliphatic carbocycles. The lowest BCUT2D eigenvalue weighted by atomic mass is 9.89. The summed E-state index contributed by atoms with van der Waals surface area (Å²) in [6.45, 7) is 0.837. The van der Waals surface area contributed by atoms with Gasteiger partial charge in [0.2, 0.25) is 11.8 Å². The number of methoxy groups -OCH3 is 1. The molecule has 2 saturated carbocycles. The molecule has 1 aromatic rings. The van der Waals surface area contributed by atoms with E-state index in [2.05, 4.69) is 10.3 Å². The summed E-state index contributed by atoms with van der Waals surface area (Å²) in [6, 6.07) is 5.51. The maximum Gasteiger partial charge on any atom is 0.226 e. The van der Waals surface area contributed by atoms with Crippen molar-refractivity contribution in [2.24, 2.45) is 17.8 Å². The Morgan fingerprint density at radius 2 is 2.30 bits per heavy atom. The monoisotopic (exact) mass is 274 g/mol. The molecule has 3 rings (SSSR count). The van der Waals surface area contributed by atoms with Gasteiger partial charge in [0.1, 0.15) is 0 Å². The molecule has 1 heterocycles. The lowest BCUT2D eigenvalue weighted by molar-refractivity contribution is -0.120. The largest absolute Gasteiger partial charge is 0.481 e. The van der Waals surface area contributed by atoms with Gasteiger partial charge in [0, 0.05) is 12.6 Å². The number of nitrogens with one attached hydrogen (secondary N) is 1. The van der Waals surface area contributed by atoms with Gasteiger partial charge < -0.3 is 10.1 Å². The third kappa shape index (κ3) is 2.94. The minimum atomic E-state index is 0.0635. The Balaban J connectivity index is 1.47. The van der Waals surface area contributed by atoms with Gasteiger partial charge in [-0.3, -0.25) is 4.79 Å². The van der Waals surface area contributed by atoms with E-state index >= 15 is 0 Å². The fourth-order valence-corrected chi connectivity index (χ4v) is 3.77. The summed E-state index contributed by atoms with van der Waals surface area (Å²) in [5.41, 5.74) is 0.759. The van der Waals surface area contributed by atoms with Crippen molar-refractivity contribution in [3.63, 3.8) is 0 Å². The molecule has 1 N–H and O–H groups in total. The molecule has 0 radical (unpaired) electrons. The number of fused-ring (bicyclic) bond motifs is 2. The lowest BCUT2D eigenvalue weighted by Crippen LogP contribution is -2.32. The van der Waals surface area contributed by atoms with Crippen molar-refractivity contribution in [1.29, 1.82) is 0 Å². The number of carbonyl (C=O) groups excluding carboxylic acids is 1. The molecule has 108 valence electrons. The zero-order valence-electron chi connectivity index (χ0n) is 12.0. The highest BCUT2D eigenvalue weighted by molar-refractivity contribution is 5.78. The van der Waals surface area contributed by atoms with Gasteiger partial charge in [0.25, 0.3) is 0 Å². The number of carbonyl (C=O) groups is 1. The van der Waals surface area contributed by atoms with Crippen LogP contribution in [-0.2, 0) is 11.2 Å². The Bertz CT molecular complexity index is 489. The van der Waals surface area contributed by atoms with E-state index in [0.29, 0.717) is 18.2 Å². The van der Waals surface area contributed by atoms with Crippen molar-refractivity contribution in [3.05, 3.63) is 23.9 Å². The Hall–Kier alpha value is -1.58. The summed E-state index contributed by atoms with van der Waals surface area (Å²) >= 11 is 0. The predicted molar refractivity (Wildman–Crippen MR) is 76.4 cm³/mol. The van der Waals surface area contributed by atoms with Gasteiger partial charge in [-0.25, -0.2) is 4.98 Å². The van der Waals surface area contributed by atoms with Crippen LogP contribution in [0.25, 0.3) is 0 Å². The minimum Gasteiger partial charge on any atom is -0.481 e. The maximum absolute atomic E-state index is 12.0. The summed E-state index contributed by atoms with van der Waals surface area (Å²) < 4.78 is 5.07. The fourth-order valence-electron chi connectivity index (χ4n) is 3.77. The Labute approximate surface area is 119 Å². The molecular formula is C16H22N2O2. The second-order valence-corrected chi connectivity index (χ2v) is 6.09. The van der Waals surface area contributed by atoms with Crippen molar-refractivity contribution in [2.45, 2.75) is 32.1 Å². The third-order valence-corrected chi connectivity index (χ3v) is 4.78. The highest BCUT2D eigenvalue weighted by Crippen LogP contribution is 2.47. The molecular weight excluding hydrogens is 252 g/mol. The van der Waals surface area contributed by atoms with Gasteiger partial charge >= 0.3 is 0 Å². The molecule has 1 amide bonds. The number of nitrogens with zero attached hydrogens (tertiary/aromatic N) is 1. The number of ether oxygens (including phenoxy) is 1. The van der Waals surface area contributed by atoms with Crippen molar-refractivity contribution in [2.75, 3.05) is 13.7 Å². The summed E-state index contributed by atoms with van der Waals surface area (Å²) in [6.07, 6.45) is 5.80. The molecule has 0 spiro atoms. The molecule has 4 heteroatoms. The molecule has 3 atom stereocenters. The average Bonchev–Trinajstić information content (AvgIpc) is 3.08. The van der Waals surface area contributed by atoms with Gasteiger partial charge in [-0.1, -0.05) is 12.5 Å².